The molecule has 1 saturated carbocycles. The summed E-state index contributed by atoms with van der Waals surface area (Å²) < 4.78 is 7.52. The highest BCUT2D eigenvalue weighted by atomic mass is 16.5. The fourth-order valence-electron chi connectivity index (χ4n) is 4.79. The fourth-order valence-corrected chi connectivity index (χ4v) is 4.79. The maximum absolute atomic E-state index is 13.6. The smallest absolute Gasteiger partial charge is 0.255 e. The zero-order chi connectivity index (χ0) is 25.5. The Morgan fingerprint density at radius 3 is 2.53 bits per heavy atom. The average Bonchev–Trinajstić information content (AvgIpc) is 3.35. The molecule has 1 amide bonds. The summed E-state index contributed by atoms with van der Waals surface area (Å²) in [5.41, 5.74) is 3.01. The zero-order valence-electron chi connectivity index (χ0n) is 21.4. The van der Waals surface area contributed by atoms with Gasteiger partial charge in [-0.3, -0.25) is 4.79 Å². The Labute approximate surface area is 212 Å². The monoisotopic (exact) mass is 492 g/mol. The second kappa shape index (κ2) is 12.0. The van der Waals surface area contributed by atoms with E-state index in [-0.39, 0.29) is 24.0 Å². The van der Waals surface area contributed by atoms with Gasteiger partial charge < -0.3 is 15.4 Å². The number of carbonyl (C=O) groups excluding carboxylic acids is 1. The Bertz CT molecular complexity index is 1170. The van der Waals surface area contributed by atoms with Crippen LogP contribution in [0.4, 0.5) is 5.69 Å². The van der Waals surface area contributed by atoms with Crippen LogP contribution in [0.2, 0.25) is 0 Å². The van der Waals surface area contributed by atoms with E-state index in [0.29, 0.717) is 18.7 Å². The molecule has 2 heterocycles. The van der Waals surface area contributed by atoms with Crippen LogP contribution in [0.15, 0.2) is 41.8 Å². The van der Waals surface area contributed by atoms with Crippen LogP contribution in [-0.2, 0) is 6.54 Å². The number of fused-ring (bicyclic) bond motifs is 1. The summed E-state index contributed by atoms with van der Waals surface area (Å²) in [6, 6.07) is 7.80. The Hall–Kier alpha value is -3.49. The van der Waals surface area contributed by atoms with E-state index >= 15 is 0 Å². The molecular formula is C27H36N6O3. The van der Waals surface area contributed by atoms with Crippen molar-refractivity contribution in [3.8, 4) is 5.75 Å². The Morgan fingerprint density at radius 1 is 1.14 bits per heavy atom. The van der Waals surface area contributed by atoms with E-state index in [2.05, 4.69) is 39.7 Å². The first-order chi connectivity index (χ1) is 17.6. The largest absolute Gasteiger partial charge is 0.494 e. The number of pyridine rings is 1. The number of anilines is 1. The third kappa shape index (κ3) is 5.66. The Kier molecular flexibility index (Phi) is 8.51. The van der Waals surface area contributed by atoms with Gasteiger partial charge in [0.1, 0.15) is 5.75 Å². The van der Waals surface area contributed by atoms with Crippen LogP contribution in [0, 0.1) is 4.91 Å². The average molecular weight is 493 g/mol. The van der Waals surface area contributed by atoms with Crippen molar-refractivity contribution in [2.75, 3.05) is 11.9 Å². The van der Waals surface area contributed by atoms with Crippen molar-refractivity contribution >= 4 is 22.6 Å². The lowest BCUT2D eigenvalue weighted by Gasteiger charge is -2.27. The van der Waals surface area contributed by atoms with Crippen LogP contribution < -0.4 is 15.4 Å². The van der Waals surface area contributed by atoms with Crippen molar-refractivity contribution < 1.29 is 9.53 Å². The maximum atomic E-state index is 13.6. The van der Waals surface area contributed by atoms with Crippen molar-refractivity contribution in [3.05, 3.63) is 52.7 Å². The van der Waals surface area contributed by atoms with Gasteiger partial charge in [-0.2, -0.15) is 10.0 Å². The van der Waals surface area contributed by atoms with Gasteiger partial charge in [0.15, 0.2) is 5.65 Å². The highest BCUT2D eigenvalue weighted by Gasteiger charge is 2.26. The number of nitroso groups, excluding NO2 is 1. The van der Waals surface area contributed by atoms with Gasteiger partial charge >= 0.3 is 0 Å². The van der Waals surface area contributed by atoms with E-state index < -0.39 is 0 Å². The van der Waals surface area contributed by atoms with Crippen molar-refractivity contribution in [1.29, 1.82) is 0 Å². The minimum absolute atomic E-state index is 0.116. The van der Waals surface area contributed by atoms with Gasteiger partial charge in [-0.15, -0.1) is 0 Å². The summed E-state index contributed by atoms with van der Waals surface area (Å²) in [5.74, 6) is 0.646. The third-order valence-electron chi connectivity index (χ3n) is 6.87. The molecule has 2 N–H and O–H groups in total. The fraction of sp³-hybridized carbons (Fsp3) is 0.519. The first kappa shape index (κ1) is 25.6. The SMILES string of the molecule is CCCOc1ccc(C(CC)NC(=O)c2cnc3c(cnn3CC)c2NC2CCC(N=O)CC2)cc1. The molecule has 36 heavy (non-hydrogen) atoms. The van der Waals surface area contributed by atoms with Gasteiger partial charge in [-0.05, 0) is 63.1 Å². The molecular weight excluding hydrogens is 456 g/mol. The lowest BCUT2D eigenvalue weighted by Crippen LogP contribution is -2.31. The number of aryl methyl sites for hydroxylation is 1. The van der Waals surface area contributed by atoms with Crippen LogP contribution in [0.1, 0.15) is 81.3 Å². The lowest BCUT2D eigenvalue weighted by atomic mass is 9.91. The summed E-state index contributed by atoms with van der Waals surface area (Å²) in [4.78, 5) is 29.1. The van der Waals surface area contributed by atoms with E-state index in [9.17, 15) is 9.70 Å². The van der Waals surface area contributed by atoms with E-state index in [0.717, 1.165) is 66.6 Å². The standard InChI is InChI=1S/C27H36N6O3/c1-4-15-36-21-13-7-18(8-14-21)24(5-2)31-27(34)23-16-28-26-22(17-29-33(26)6-3)25(23)30-19-9-11-20(32-35)12-10-19/h7-8,13-14,16-17,19-20,24H,4-6,9-12,15H2,1-3H3,(H,28,30)(H,31,34). The molecule has 3 aromatic rings. The van der Waals surface area contributed by atoms with Gasteiger partial charge in [-0.25, -0.2) is 9.67 Å². The first-order valence-corrected chi connectivity index (χ1v) is 13.0. The molecule has 9 heteroatoms. The first-order valence-electron chi connectivity index (χ1n) is 13.0. The molecule has 1 atom stereocenters. The molecule has 0 bridgehead atoms. The van der Waals surface area contributed by atoms with Gasteiger partial charge in [0.2, 0.25) is 0 Å². The summed E-state index contributed by atoms with van der Waals surface area (Å²) in [7, 11) is 0. The number of benzene rings is 1. The van der Waals surface area contributed by atoms with E-state index in [1.807, 2.05) is 35.9 Å². The number of nitrogens with zero attached hydrogens (tertiary/aromatic N) is 4. The minimum atomic E-state index is -0.183. The number of hydrogen-bond donors (Lipinski definition) is 2. The minimum Gasteiger partial charge on any atom is -0.494 e. The van der Waals surface area contributed by atoms with Crippen LogP contribution in [0.25, 0.3) is 11.0 Å². The number of carbonyl (C=O) groups is 1. The Morgan fingerprint density at radius 2 is 1.89 bits per heavy atom. The molecule has 4 rings (SSSR count). The van der Waals surface area contributed by atoms with Crippen molar-refractivity contribution in [2.24, 2.45) is 5.18 Å². The third-order valence-corrected chi connectivity index (χ3v) is 6.87. The molecule has 9 nitrogen and oxygen atoms in total. The molecule has 0 radical (unpaired) electrons. The number of nitrogens with one attached hydrogen (secondary N) is 2. The number of amides is 1. The number of rotatable bonds is 11. The number of hydrogen-bond acceptors (Lipinski definition) is 7. The summed E-state index contributed by atoms with van der Waals surface area (Å²) in [6.07, 6.45) is 8.27. The molecule has 1 aliphatic carbocycles. The lowest BCUT2D eigenvalue weighted by molar-refractivity contribution is 0.0936. The molecule has 1 aliphatic rings. The van der Waals surface area contributed by atoms with E-state index in [1.54, 1.807) is 12.4 Å². The van der Waals surface area contributed by atoms with E-state index in [4.69, 9.17) is 4.74 Å². The molecule has 0 spiro atoms. The predicted octanol–water partition coefficient (Wildman–Crippen LogP) is 5.61. The second-order valence-electron chi connectivity index (χ2n) is 9.35. The van der Waals surface area contributed by atoms with Gasteiger partial charge in [0.25, 0.3) is 5.91 Å². The molecule has 192 valence electrons. The van der Waals surface area contributed by atoms with Gasteiger partial charge in [0.05, 0.1) is 41.5 Å². The summed E-state index contributed by atoms with van der Waals surface area (Å²) in [5, 5.41) is 15.3. The highest BCUT2D eigenvalue weighted by molar-refractivity contribution is 6.06. The Balaban J connectivity index is 1.58. The number of ether oxygens (including phenoxy) is 1. The van der Waals surface area contributed by atoms with E-state index in [1.165, 1.54) is 0 Å². The second-order valence-corrected chi connectivity index (χ2v) is 9.35. The van der Waals surface area contributed by atoms with Gasteiger partial charge in [0, 0.05) is 18.8 Å². The van der Waals surface area contributed by atoms with Crippen LogP contribution in [0.5, 0.6) is 5.75 Å². The molecule has 1 unspecified atom stereocenters. The highest BCUT2D eigenvalue weighted by Crippen LogP contribution is 2.31. The molecule has 2 aromatic heterocycles. The number of aromatic nitrogens is 3. The normalized spacial score (nSPS) is 18.5. The maximum Gasteiger partial charge on any atom is 0.255 e. The molecule has 1 fully saturated rings. The topological polar surface area (TPSA) is 110 Å². The van der Waals surface area contributed by atoms with Crippen molar-refractivity contribution in [3.63, 3.8) is 0 Å². The van der Waals surface area contributed by atoms with Crippen LogP contribution >= 0.6 is 0 Å². The zero-order valence-corrected chi connectivity index (χ0v) is 21.4. The van der Waals surface area contributed by atoms with Crippen LogP contribution in [-0.4, -0.2) is 39.4 Å². The summed E-state index contributed by atoms with van der Waals surface area (Å²) >= 11 is 0. The quantitative estimate of drug-likeness (QED) is 0.337. The molecule has 0 saturated heterocycles. The summed E-state index contributed by atoms with van der Waals surface area (Å²) in [6.45, 7) is 7.51. The van der Waals surface area contributed by atoms with Crippen molar-refractivity contribution in [1.82, 2.24) is 20.1 Å². The van der Waals surface area contributed by atoms with Crippen molar-refractivity contribution in [2.45, 2.75) is 84.0 Å². The molecule has 1 aromatic carbocycles. The van der Waals surface area contributed by atoms with Crippen LogP contribution in [0.3, 0.4) is 0 Å². The van der Waals surface area contributed by atoms with Gasteiger partial charge in [-0.1, -0.05) is 31.2 Å². The molecule has 0 aliphatic heterocycles. The predicted molar refractivity (Wildman–Crippen MR) is 141 cm³/mol.